The number of hydrogen-bond donors (Lipinski definition) is 0. The van der Waals surface area contributed by atoms with Crippen LogP contribution in [0.5, 0.6) is 23.0 Å². The third-order valence-electron chi connectivity index (χ3n) is 8.28. The van der Waals surface area contributed by atoms with Crippen LogP contribution >= 0.6 is 6.04 Å². The molecule has 188 valence electrons. The Kier molecular flexibility index (Phi) is 4.51. The van der Waals surface area contributed by atoms with Gasteiger partial charge in [0.25, 0.3) is 0 Å². The molecule has 0 saturated heterocycles. The van der Waals surface area contributed by atoms with E-state index in [0.29, 0.717) is 0 Å². The minimum Gasteiger partial charge on any atom is -0.455 e. The maximum Gasteiger partial charge on any atom is 0.144 e. The first-order valence-electron chi connectivity index (χ1n) is 13.4. The Balaban J connectivity index is 1.41. The van der Waals surface area contributed by atoms with Crippen LogP contribution in [0, 0.1) is 0 Å². The SMILES string of the molecule is S=P12c3ccc4ccccc4c3Oc3cc(-c4cccc5ccccc45)cc(c31)Oc1c2ccc2ccccc12. The summed E-state index contributed by atoms with van der Waals surface area (Å²) in [5.41, 5.74) is 2.20. The normalized spacial score (nSPS) is 14.2. The number of rotatable bonds is 1. The van der Waals surface area contributed by atoms with Gasteiger partial charge >= 0.3 is 0 Å². The summed E-state index contributed by atoms with van der Waals surface area (Å²) < 4.78 is 13.7. The molecule has 0 radical (unpaired) electrons. The highest BCUT2D eigenvalue weighted by molar-refractivity contribution is 8.26. The Morgan fingerprint density at radius 2 is 0.950 bits per heavy atom. The van der Waals surface area contributed by atoms with Gasteiger partial charge in [-0.15, -0.1) is 0 Å². The molecule has 0 fully saturated rings. The fourth-order valence-corrected chi connectivity index (χ4v) is 10.9. The molecule has 4 heteroatoms. The predicted molar refractivity (Wildman–Crippen MR) is 171 cm³/mol. The molecule has 0 aliphatic carbocycles. The number of hydrogen-bond acceptors (Lipinski definition) is 3. The van der Waals surface area contributed by atoms with Crippen molar-refractivity contribution in [1.82, 2.24) is 0 Å². The van der Waals surface area contributed by atoms with Crippen molar-refractivity contribution in [2.24, 2.45) is 0 Å². The average molecular weight is 549 g/mol. The molecule has 0 unspecified atom stereocenters. The third kappa shape index (κ3) is 2.91. The van der Waals surface area contributed by atoms with Gasteiger partial charge in [-0.3, -0.25) is 0 Å². The first kappa shape index (κ1) is 22.4. The van der Waals surface area contributed by atoms with E-state index in [1.165, 1.54) is 10.8 Å². The summed E-state index contributed by atoms with van der Waals surface area (Å²) in [6.07, 6.45) is 0. The lowest BCUT2D eigenvalue weighted by molar-refractivity contribution is 0.472. The van der Waals surface area contributed by atoms with Gasteiger partial charge in [0.1, 0.15) is 23.0 Å². The van der Waals surface area contributed by atoms with E-state index >= 15 is 0 Å². The fourth-order valence-electron chi connectivity index (χ4n) is 6.44. The molecular weight excluding hydrogens is 527 g/mol. The van der Waals surface area contributed by atoms with Gasteiger partial charge in [-0.2, -0.15) is 0 Å². The van der Waals surface area contributed by atoms with Crippen molar-refractivity contribution >= 4 is 66.1 Å². The standard InChI is InChI=1S/C36H21O2PS/c40-39-32-18-16-23-9-2-5-13-28(23)34(32)37-30-20-25(27-15-7-11-22-8-1-4-12-26(22)27)21-31(36(30)39)38-35-29-14-6-3-10-24(29)17-19-33(35)39/h1-21H. The molecule has 0 bridgehead atoms. The van der Waals surface area contributed by atoms with Crippen molar-refractivity contribution in [3.8, 4) is 34.1 Å². The van der Waals surface area contributed by atoms with E-state index in [9.17, 15) is 0 Å². The van der Waals surface area contributed by atoms with Crippen molar-refractivity contribution < 1.29 is 9.47 Å². The van der Waals surface area contributed by atoms with Crippen molar-refractivity contribution in [3.05, 3.63) is 127 Å². The maximum atomic E-state index is 6.87. The molecule has 2 aliphatic rings. The molecule has 40 heavy (non-hydrogen) atoms. The minimum atomic E-state index is -2.50. The molecule has 0 spiro atoms. The monoisotopic (exact) mass is 548 g/mol. The lowest BCUT2D eigenvalue weighted by Crippen LogP contribution is -2.35. The van der Waals surface area contributed by atoms with Crippen molar-refractivity contribution in [3.63, 3.8) is 0 Å². The molecule has 0 N–H and O–H groups in total. The largest absolute Gasteiger partial charge is 0.455 e. The Morgan fingerprint density at radius 3 is 1.52 bits per heavy atom. The van der Waals surface area contributed by atoms with Gasteiger partial charge in [0.15, 0.2) is 0 Å². The molecule has 9 rings (SSSR count). The Bertz CT molecular complexity index is 2150. The van der Waals surface area contributed by atoms with E-state index in [4.69, 9.17) is 21.3 Å². The van der Waals surface area contributed by atoms with Crippen LogP contribution in [0.15, 0.2) is 127 Å². The highest BCUT2D eigenvalue weighted by Crippen LogP contribution is 2.61. The van der Waals surface area contributed by atoms with Gasteiger partial charge in [0.2, 0.25) is 0 Å². The Morgan fingerprint density at radius 1 is 0.475 bits per heavy atom. The second kappa shape index (κ2) is 8.05. The summed E-state index contributed by atoms with van der Waals surface area (Å²) in [4.78, 5) is 0. The fraction of sp³-hybridized carbons (Fsp3) is 0. The summed E-state index contributed by atoms with van der Waals surface area (Å²) in [5, 5.41) is 10.0. The van der Waals surface area contributed by atoms with Crippen LogP contribution in [0.1, 0.15) is 0 Å². The van der Waals surface area contributed by atoms with E-state index in [0.717, 1.165) is 71.6 Å². The highest BCUT2D eigenvalue weighted by Gasteiger charge is 2.44. The first-order valence-corrected chi connectivity index (χ1v) is 16.2. The van der Waals surface area contributed by atoms with Gasteiger partial charge in [0, 0.05) is 21.4 Å². The molecule has 2 nitrogen and oxygen atoms in total. The first-order chi connectivity index (χ1) is 19.7. The molecule has 7 aromatic carbocycles. The molecule has 0 aromatic heterocycles. The molecule has 0 amide bonds. The predicted octanol–water partition coefficient (Wildman–Crippen LogP) is 8.78. The van der Waals surface area contributed by atoms with E-state index in [1.807, 2.05) is 0 Å². The van der Waals surface area contributed by atoms with E-state index in [-0.39, 0.29) is 0 Å². The number of fused-ring (bicyclic) bond motifs is 9. The zero-order valence-electron chi connectivity index (χ0n) is 21.3. The summed E-state index contributed by atoms with van der Waals surface area (Å²) in [6.45, 7) is 0. The van der Waals surface area contributed by atoms with E-state index < -0.39 is 6.04 Å². The topological polar surface area (TPSA) is 18.5 Å². The number of ether oxygens (including phenoxy) is 2. The lowest BCUT2D eigenvalue weighted by Gasteiger charge is -2.38. The van der Waals surface area contributed by atoms with Crippen LogP contribution in [-0.4, -0.2) is 0 Å². The van der Waals surface area contributed by atoms with Crippen LogP contribution < -0.4 is 25.4 Å². The van der Waals surface area contributed by atoms with Crippen molar-refractivity contribution in [1.29, 1.82) is 0 Å². The van der Waals surface area contributed by atoms with Crippen LogP contribution in [0.25, 0.3) is 43.4 Å². The molecule has 2 heterocycles. The van der Waals surface area contributed by atoms with E-state index in [2.05, 4.69) is 127 Å². The summed E-state index contributed by atoms with van der Waals surface area (Å²) in [5.74, 6) is 3.34. The van der Waals surface area contributed by atoms with Gasteiger partial charge in [0.05, 0.1) is 11.3 Å². The molecule has 7 aromatic rings. The molecular formula is C36H21O2PS. The van der Waals surface area contributed by atoms with Gasteiger partial charge in [-0.25, -0.2) is 0 Å². The highest BCUT2D eigenvalue weighted by atomic mass is 32.4. The second-order valence-electron chi connectivity index (χ2n) is 10.4. The zero-order chi connectivity index (χ0) is 26.4. The van der Waals surface area contributed by atoms with E-state index in [1.54, 1.807) is 0 Å². The summed E-state index contributed by atoms with van der Waals surface area (Å²) >= 11 is 6.87. The third-order valence-corrected chi connectivity index (χ3v) is 13.1. The maximum absolute atomic E-state index is 6.87. The zero-order valence-corrected chi connectivity index (χ0v) is 23.0. The molecule has 0 saturated carbocycles. The second-order valence-corrected chi connectivity index (χ2v) is 14.7. The van der Waals surface area contributed by atoms with Crippen LogP contribution in [0.2, 0.25) is 0 Å². The lowest BCUT2D eigenvalue weighted by atomic mass is 9.98. The van der Waals surface area contributed by atoms with Crippen LogP contribution in [-0.2, 0) is 11.8 Å². The van der Waals surface area contributed by atoms with Gasteiger partial charge in [-0.1, -0.05) is 115 Å². The summed E-state index contributed by atoms with van der Waals surface area (Å²) in [7, 11) is 0. The minimum absolute atomic E-state index is 0.798. The van der Waals surface area contributed by atoms with Crippen molar-refractivity contribution in [2.45, 2.75) is 0 Å². The summed E-state index contributed by atoms with van der Waals surface area (Å²) in [6, 6.07) is 42.3. The van der Waals surface area contributed by atoms with Crippen LogP contribution in [0.4, 0.5) is 0 Å². The molecule has 2 aliphatic heterocycles. The molecule has 0 atom stereocenters. The smallest absolute Gasteiger partial charge is 0.144 e. The quantitative estimate of drug-likeness (QED) is 0.191. The number of benzene rings is 7. The Hall–Kier alpha value is -4.43. The van der Waals surface area contributed by atoms with Gasteiger partial charge < -0.3 is 9.47 Å². The van der Waals surface area contributed by atoms with Crippen LogP contribution in [0.3, 0.4) is 0 Å². The van der Waals surface area contributed by atoms with Gasteiger partial charge in [-0.05, 0) is 56.9 Å². The van der Waals surface area contributed by atoms with Crippen molar-refractivity contribution in [2.75, 3.05) is 0 Å². The Labute approximate surface area is 236 Å². The average Bonchev–Trinajstić information content (AvgIpc) is 3.00.